The second kappa shape index (κ2) is 7.97. The highest BCUT2D eigenvalue weighted by Crippen LogP contribution is 2.41. The molecule has 0 fully saturated rings. The van der Waals surface area contributed by atoms with Crippen molar-refractivity contribution in [3.8, 4) is 5.75 Å². The zero-order valence-corrected chi connectivity index (χ0v) is 19.9. The number of aryl methyl sites for hydroxylation is 1. The number of nitrogens with zero attached hydrogens (tertiary/aromatic N) is 2. The number of fused-ring (bicyclic) bond motifs is 3. The van der Waals surface area contributed by atoms with E-state index < -0.39 is 0 Å². The molecule has 33 heavy (non-hydrogen) atoms. The van der Waals surface area contributed by atoms with Gasteiger partial charge in [0.2, 0.25) is 0 Å². The van der Waals surface area contributed by atoms with E-state index in [1.165, 1.54) is 22.5 Å². The van der Waals surface area contributed by atoms with Gasteiger partial charge < -0.3 is 5.11 Å². The van der Waals surface area contributed by atoms with Crippen LogP contribution in [0.1, 0.15) is 34.7 Å². The quantitative estimate of drug-likeness (QED) is 0.418. The van der Waals surface area contributed by atoms with Crippen LogP contribution >= 0.6 is 27.3 Å². The van der Waals surface area contributed by atoms with E-state index in [2.05, 4.69) is 46.3 Å². The van der Waals surface area contributed by atoms with Gasteiger partial charge in [0.1, 0.15) is 5.75 Å². The van der Waals surface area contributed by atoms with Crippen LogP contribution in [-0.4, -0.2) is 9.67 Å². The predicted molar refractivity (Wildman–Crippen MR) is 135 cm³/mol. The van der Waals surface area contributed by atoms with Crippen LogP contribution in [-0.2, 0) is 6.42 Å². The monoisotopic (exact) mass is 514 g/mol. The van der Waals surface area contributed by atoms with E-state index in [1.54, 1.807) is 18.2 Å². The van der Waals surface area contributed by atoms with Gasteiger partial charge in [0.15, 0.2) is 4.80 Å². The van der Waals surface area contributed by atoms with E-state index in [4.69, 9.17) is 4.99 Å². The van der Waals surface area contributed by atoms with Crippen LogP contribution in [0.25, 0.3) is 11.8 Å². The number of hydrogen-bond acceptors (Lipinski definition) is 4. The maximum absolute atomic E-state index is 13.7. The molecule has 0 amide bonds. The van der Waals surface area contributed by atoms with Crippen LogP contribution in [0.5, 0.6) is 5.75 Å². The summed E-state index contributed by atoms with van der Waals surface area (Å²) in [6.45, 7) is 0. The van der Waals surface area contributed by atoms with E-state index in [0.29, 0.717) is 14.9 Å². The first-order valence-corrected chi connectivity index (χ1v) is 12.4. The van der Waals surface area contributed by atoms with Gasteiger partial charge >= 0.3 is 0 Å². The Morgan fingerprint density at radius 3 is 2.67 bits per heavy atom. The molecule has 2 aliphatic rings. The highest BCUT2D eigenvalue weighted by Gasteiger charge is 2.32. The fourth-order valence-electron chi connectivity index (χ4n) is 4.74. The first-order valence-electron chi connectivity index (χ1n) is 10.8. The molecule has 2 heterocycles. The Hall–Kier alpha value is -3.22. The maximum Gasteiger partial charge on any atom is 0.271 e. The third-order valence-electron chi connectivity index (χ3n) is 6.26. The summed E-state index contributed by atoms with van der Waals surface area (Å²) in [6.07, 6.45) is 3.55. The van der Waals surface area contributed by atoms with Gasteiger partial charge in [0, 0.05) is 15.6 Å². The van der Waals surface area contributed by atoms with Crippen molar-refractivity contribution in [2.75, 3.05) is 0 Å². The average Bonchev–Trinajstić information content (AvgIpc) is 3.15. The second-order valence-corrected chi connectivity index (χ2v) is 10.2. The Morgan fingerprint density at radius 2 is 1.82 bits per heavy atom. The summed E-state index contributed by atoms with van der Waals surface area (Å²) >= 11 is 4.81. The number of phenolic OH excluding ortho intramolecular Hbond substituents is 1. The van der Waals surface area contributed by atoms with Crippen molar-refractivity contribution in [1.82, 2.24) is 4.57 Å². The van der Waals surface area contributed by atoms with E-state index in [1.807, 2.05) is 34.9 Å². The maximum atomic E-state index is 13.7. The molecule has 4 aromatic rings. The molecule has 0 spiro atoms. The molecule has 1 aliphatic heterocycles. The number of halogens is 1. The molecule has 0 saturated carbocycles. The largest absolute Gasteiger partial charge is 0.507 e. The van der Waals surface area contributed by atoms with Crippen LogP contribution in [0.4, 0.5) is 0 Å². The van der Waals surface area contributed by atoms with Gasteiger partial charge in [-0.15, -0.1) is 0 Å². The van der Waals surface area contributed by atoms with Crippen molar-refractivity contribution in [3.05, 3.63) is 125 Å². The predicted octanol–water partition coefficient (Wildman–Crippen LogP) is 4.79. The normalized spacial score (nSPS) is 17.2. The number of benzene rings is 3. The van der Waals surface area contributed by atoms with Crippen molar-refractivity contribution in [3.63, 3.8) is 0 Å². The minimum atomic E-state index is -0.191. The molecule has 4 nitrogen and oxygen atoms in total. The van der Waals surface area contributed by atoms with Gasteiger partial charge in [0.25, 0.3) is 5.56 Å². The molecule has 0 saturated heterocycles. The highest BCUT2D eigenvalue weighted by molar-refractivity contribution is 9.10. The third kappa shape index (κ3) is 3.41. The number of aromatic nitrogens is 1. The zero-order valence-electron chi connectivity index (χ0n) is 17.5. The van der Waals surface area contributed by atoms with Crippen LogP contribution in [0.15, 0.2) is 92.6 Å². The summed E-state index contributed by atoms with van der Waals surface area (Å²) in [5.74, 6) is 0.136. The molecule has 0 radical (unpaired) electrons. The lowest BCUT2D eigenvalue weighted by Crippen LogP contribution is -2.38. The second-order valence-electron chi connectivity index (χ2n) is 8.23. The SMILES string of the molecule is O=c1/c(=C/c2cc(Br)ccc2O)sc2n1[C@@H](c1ccccc1)C1=C(N=2)c2ccccc2CC1. The Kier molecular flexibility index (Phi) is 4.93. The standard InChI is InChI=1S/C27H19BrN2O2S/c28-19-11-13-22(31)18(14-19)15-23-26(32)30-25(17-7-2-1-3-8-17)21-12-10-16-6-4-5-9-20(16)24(21)29-27(30)33-23/h1-9,11,13-15,25,31H,10,12H2/b23-15-/t25-/m0/s1. The molecule has 162 valence electrons. The molecule has 1 aromatic heterocycles. The summed E-state index contributed by atoms with van der Waals surface area (Å²) in [6, 6.07) is 23.6. The van der Waals surface area contributed by atoms with Crippen LogP contribution in [0, 0.1) is 0 Å². The average molecular weight is 515 g/mol. The first kappa shape index (κ1) is 20.4. The Bertz CT molecular complexity index is 1620. The molecule has 1 aliphatic carbocycles. The van der Waals surface area contributed by atoms with Gasteiger partial charge in [-0.3, -0.25) is 9.36 Å². The van der Waals surface area contributed by atoms with Crippen molar-refractivity contribution >= 4 is 39.0 Å². The summed E-state index contributed by atoms with van der Waals surface area (Å²) < 4.78 is 3.22. The number of aromatic hydroxyl groups is 1. The Labute approximate surface area is 202 Å². The lowest BCUT2D eigenvalue weighted by Gasteiger charge is -2.30. The molecule has 3 aromatic carbocycles. The lowest BCUT2D eigenvalue weighted by atomic mass is 9.83. The van der Waals surface area contributed by atoms with Crippen molar-refractivity contribution < 1.29 is 5.11 Å². The Balaban J connectivity index is 1.64. The van der Waals surface area contributed by atoms with Gasteiger partial charge in [-0.25, -0.2) is 4.99 Å². The van der Waals surface area contributed by atoms with Gasteiger partial charge in [0.05, 0.1) is 16.3 Å². The van der Waals surface area contributed by atoms with Crippen molar-refractivity contribution in [2.45, 2.75) is 18.9 Å². The highest BCUT2D eigenvalue weighted by atomic mass is 79.9. The molecule has 0 bridgehead atoms. The van der Waals surface area contributed by atoms with Crippen molar-refractivity contribution in [1.29, 1.82) is 0 Å². The minimum Gasteiger partial charge on any atom is -0.507 e. The molecule has 6 rings (SSSR count). The molecular formula is C27H19BrN2O2S. The lowest BCUT2D eigenvalue weighted by molar-refractivity contribution is 0.474. The fraction of sp³-hybridized carbons (Fsp3) is 0.111. The minimum absolute atomic E-state index is 0.0858. The van der Waals surface area contributed by atoms with E-state index in [0.717, 1.165) is 34.1 Å². The van der Waals surface area contributed by atoms with Crippen LogP contribution in [0.2, 0.25) is 0 Å². The van der Waals surface area contributed by atoms with E-state index >= 15 is 0 Å². The number of allylic oxidation sites excluding steroid dienone is 1. The number of rotatable bonds is 2. The molecule has 0 unspecified atom stereocenters. The van der Waals surface area contributed by atoms with Gasteiger partial charge in [-0.05, 0) is 53.8 Å². The number of hydrogen-bond donors (Lipinski definition) is 1. The fourth-order valence-corrected chi connectivity index (χ4v) is 6.11. The van der Waals surface area contributed by atoms with Gasteiger partial charge in [-0.2, -0.15) is 0 Å². The number of phenols is 1. The van der Waals surface area contributed by atoms with E-state index in [-0.39, 0.29) is 17.4 Å². The molecule has 1 atom stereocenters. The smallest absolute Gasteiger partial charge is 0.271 e. The summed E-state index contributed by atoms with van der Waals surface area (Å²) in [4.78, 5) is 19.4. The molecule has 6 heteroatoms. The topological polar surface area (TPSA) is 54.6 Å². The molecular weight excluding hydrogens is 496 g/mol. The van der Waals surface area contributed by atoms with Crippen molar-refractivity contribution in [2.24, 2.45) is 4.99 Å². The number of thiazole rings is 1. The summed E-state index contributed by atoms with van der Waals surface area (Å²) in [5, 5.41) is 10.3. The van der Waals surface area contributed by atoms with Gasteiger partial charge in [-0.1, -0.05) is 81.9 Å². The molecule has 1 N–H and O–H groups in total. The van der Waals surface area contributed by atoms with Crippen LogP contribution in [0.3, 0.4) is 0 Å². The third-order valence-corrected chi connectivity index (χ3v) is 7.74. The summed E-state index contributed by atoms with van der Waals surface area (Å²) in [7, 11) is 0. The Morgan fingerprint density at radius 1 is 1.03 bits per heavy atom. The zero-order chi connectivity index (χ0) is 22.5. The van der Waals surface area contributed by atoms with E-state index in [9.17, 15) is 9.90 Å². The first-order chi connectivity index (χ1) is 16.1. The van der Waals surface area contributed by atoms with Crippen LogP contribution < -0.4 is 14.9 Å². The summed E-state index contributed by atoms with van der Waals surface area (Å²) in [5.41, 5.74) is 6.22.